The molecule has 0 atom stereocenters. The van der Waals surface area contributed by atoms with Crippen molar-refractivity contribution in [3.05, 3.63) is 47.3 Å². The summed E-state index contributed by atoms with van der Waals surface area (Å²) in [5, 5.41) is 19.3. The lowest BCUT2D eigenvalue weighted by Gasteiger charge is -2.31. The van der Waals surface area contributed by atoms with Crippen molar-refractivity contribution in [3.63, 3.8) is 0 Å². The number of nitrogens with zero attached hydrogens (tertiary/aromatic N) is 1. The lowest BCUT2D eigenvalue weighted by Crippen LogP contribution is -2.31. The summed E-state index contributed by atoms with van der Waals surface area (Å²) in [5.74, 6) is -2.64. The Morgan fingerprint density at radius 1 is 1.04 bits per heavy atom. The summed E-state index contributed by atoms with van der Waals surface area (Å²) in [6, 6.07) is 4.89. The molecule has 0 saturated heterocycles. The largest absolute Gasteiger partial charge is 0.493 e. The molecule has 134 valence electrons. The van der Waals surface area contributed by atoms with Crippen molar-refractivity contribution in [1.82, 2.24) is 4.90 Å². The highest BCUT2D eigenvalue weighted by atomic mass is 16.5. The van der Waals surface area contributed by atoms with Crippen molar-refractivity contribution < 1.29 is 29.3 Å². The minimum Gasteiger partial charge on any atom is -0.493 e. The molecule has 0 amide bonds. The molecule has 25 heavy (non-hydrogen) atoms. The lowest BCUT2D eigenvalue weighted by atomic mass is 9.82. The van der Waals surface area contributed by atoms with Crippen molar-refractivity contribution in [3.8, 4) is 11.5 Å². The van der Waals surface area contributed by atoms with Crippen molar-refractivity contribution in [2.75, 3.05) is 14.2 Å². The first-order valence-electron chi connectivity index (χ1n) is 7.70. The summed E-state index contributed by atoms with van der Waals surface area (Å²) in [7, 11) is 2.89. The summed E-state index contributed by atoms with van der Waals surface area (Å²) >= 11 is 0. The predicted molar refractivity (Wildman–Crippen MR) is 90.7 cm³/mol. The van der Waals surface area contributed by atoms with Crippen LogP contribution in [0.4, 0.5) is 0 Å². The van der Waals surface area contributed by atoms with E-state index in [0.717, 1.165) is 0 Å². The molecule has 0 unspecified atom stereocenters. The number of para-hydroxylation sites is 1. The minimum atomic E-state index is -1.19. The van der Waals surface area contributed by atoms with Crippen LogP contribution >= 0.6 is 0 Å². The van der Waals surface area contributed by atoms with Crippen molar-refractivity contribution in [2.24, 2.45) is 0 Å². The molecule has 1 heterocycles. The minimum absolute atomic E-state index is 0.0415. The van der Waals surface area contributed by atoms with Gasteiger partial charge in [-0.2, -0.15) is 0 Å². The number of aliphatic carboxylic acids is 2. The quantitative estimate of drug-likeness (QED) is 0.816. The molecule has 0 radical (unpaired) electrons. The van der Waals surface area contributed by atoms with Gasteiger partial charge in [-0.25, -0.2) is 9.59 Å². The zero-order chi connectivity index (χ0) is 18.7. The Kier molecular flexibility index (Phi) is 5.36. The van der Waals surface area contributed by atoms with Crippen molar-refractivity contribution in [1.29, 1.82) is 0 Å². The first kappa shape index (κ1) is 18.4. The third-order valence-electron chi connectivity index (χ3n) is 4.03. The van der Waals surface area contributed by atoms with Gasteiger partial charge < -0.3 is 24.6 Å². The zero-order valence-corrected chi connectivity index (χ0v) is 14.5. The normalized spacial score (nSPS) is 14.8. The Hall–Kier alpha value is -2.96. The fourth-order valence-electron chi connectivity index (χ4n) is 2.80. The summed E-state index contributed by atoms with van der Waals surface area (Å²) in [6.07, 6.45) is 2.92. The second-order valence-corrected chi connectivity index (χ2v) is 5.84. The molecule has 1 aliphatic heterocycles. The van der Waals surface area contributed by atoms with E-state index < -0.39 is 17.9 Å². The number of hydrogen-bond donors (Lipinski definition) is 2. The van der Waals surface area contributed by atoms with Gasteiger partial charge in [-0.15, -0.1) is 0 Å². The predicted octanol–water partition coefficient (Wildman–Crippen LogP) is 2.45. The molecule has 2 rings (SSSR count). The van der Waals surface area contributed by atoms with Crippen molar-refractivity contribution >= 4 is 11.9 Å². The van der Waals surface area contributed by atoms with E-state index in [1.165, 1.54) is 26.6 Å². The van der Waals surface area contributed by atoms with Crippen LogP contribution < -0.4 is 9.47 Å². The topological polar surface area (TPSA) is 96.3 Å². The molecule has 2 N–H and O–H groups in total. The Morgan fingerprint density at radius 3 is 2.00 bits per heavy atom. The van der Waals surface area contributed by atoms with Crippen LogP contribution in [-0.2, 0) is 9.59 Å². The summed E-state index contributed by atoms with van der Waals surface area (Å²) in [5.41, 5.74) is 0.341. The first-order chi connectivity index (χ1) is 11.8. The van der Waals surface area contributed by atoms with Crippen LogP contribution in [0.5, 0.6) is 11.5 Å². The number of benzene rings is 1. The van der Waals surface area contributed by atoms with E-state index in [9.17, 15) is 19.8 Å². The molecule has 0 aliphatic carbocycles. The standard InChI is InChI=1S/C18H21NO6/c1-10(2)19-8-12(17(20)21)15(13(9-19)18(22)23)11-6-5-7-14(24-3)16(11)25-4/h5-10,15H,1-4H3,(H,20,21)(H,22,23). The van der Waals surface area contributed by atoms with Crippen molar-refractivity contribution in [2.45, 2.75) is 25.8 Å². The van der Waals surface area contributed by atoms with E-state index in [0.29, 0.717) is 17.1 Å². The Morgan fingerprint density at radius 2 is 1.60 bits per heavy atom. The molecule has 0 saturated carbocycles. The Bertz CT molecular complexity index is 718. The average molecular weight is 347 g/mol. The monoisotopic (exact) mass is 347 g/mol. The van der Waals surface area contributed by atoms with E-state index in [-0.39, 0.29) is 17.2 Å². The van der Waals surface area contributed by atoms with Gasteiger partial charge in [-0.3, -0.25) is 0 Å². The number of ether oxygens (including phenoxy) is 2. The average Bonchev–Trinajstić information content (AvgIpc) is 2.59. The van der Waals surface area contributed by atoms with Crippen LogP contribution in [0.25, 0.3) is 0 Å². The molecule has 7 nitrogen and oxygen atoms in total. The molecule has 0 bridgehead atoms. The van der Waals surface area contributed by atoms with E-state index in [2.05, 4.69) is 0 Å². The number of rotatable bonds is 6. The molecule has 1 aromatic rings. The van der Waals surface area contributed by atoms with Gasteiger partial charge in [0, 0.05) is 24.0 Å². The Labute approximate surface area is 145 Å². The molecule has 0 aromatic heterocycles. The molecular weight excluding hydrogens is 326 g/mol. The summed E-state index contributed by atoms with van der Waals surface area (Å²) < 4.78 is 10.6. The van der Waals surface area contributed by atoms with Gasteiger partial charge in [-0.05, 0) is 19.9 Å². The highest BCUT2D eigenvalue weighted by Gasteiger charge is 2.36. The SMILES string of the molecule is COc1cccc(C2C(C(=O)O)=CN(C(C)C)C=C2C(=O)O)c1OC. The lowest BCUT2D eigenvalue weighted by molar-refractivity contribution is -0.133. The van der Waals surface area contributed by atoms with Gasteiger partial charge in [0.05, 0.1) is 31.3 Å². The number of carboxylic acid groups (broad SMARTS) is 2. The maximum absolute atomic E-state index is 11.8. The number of carbonyl (C=O) groups is 2. The van der Waals surface area contributed by atoms with Gasteiger partial charge in [0.2, 0.25) is 0 Å². The molecule has 0 fully saturated rings. The third-order valence-corrected chi connectivity index (χ3v) is 4.03. The highest BCUT2D eigenvalue weighted by Crippen LogP contribution is 2.44. The first-order valence-corrected chi connectivity index (χ1v) is 7.70. The number of carboxylic acids is 2. The highest BCUT2D eigenvalue weighted by molar-refractivity contribution is 5.97. The van der Waals surface area contributed by atoms with E-state index in [1.54, 1.807) is 23.1 Å². The van der Waals surface area contributed by atoms with Gasteiger partial charge in [-0.1, -0.05) is 12.1 Å². The van der Waals surface area contributed by atoms with Gasteiger partial charge in [0.15, 0.2) is 11.5 Å². The van der Waals surface area contributed by atoms with Crippen LogP contribution in [0, 0.1) is 0 Å². The molecule has 0 spiro atoms. The van der Waals surface area contributed by atoms with E-state index in [4.69, 9.17) is 9.47 Å². The van der Waals surface area contributed by atoms with E-state index in [1.807, 2.05) is 13.8 Å². The fourth-order valence-corrected chi connectivity index (χ4v) is 2.80. The van der Waals surface area contributed by atoms with Gasteiger partial charge in [0.25, 0.3) is 0 Å². The van der Waals surface area contributed by atoms with Crippen LogP contribution in [0.2, 0.25) is 0 Å². The fraction of sp³-hybridized carbons (Fsp3) is 0.333. The molecule has 1 aromatic carbocycles. The Balaban J connectivity index is 2.72. The maximum atomic E-state index is 11.8. The smallest absolute Gasteiger partial charge is 0.334 e. The van der Waals surface area contributed by atoms with Crippen LogP contribution in [0.1, 0.15) is 25.3 Å². The van der Waals surface area contributed by atoms with Crippen LogP contribution in [0.15, 0.2) is 41.7 Å². The van der Waals surface area contributed by atoms with E-state index >= 15 is 0 Å². The molecule has 7 heteroatoms. The summed E-state index contributed by atoms with van der Waals surface area (Å²) in [4.78, 5) is 25.3. The summed E-state index contributed by atoms with van der Waals surface area (Å²) in [6.45, 7) is 3.69. The second kappa shape index (κ2) is 7.29. The third kappa shape index (κ3) is 3.45. The van der Waals surface area contributed by atoms with Crippen LogP contribution in [-0.4, -0.2) is 47.3 Å². The van der Waals surface area contributed by atoms with Gasteiger partial charge >= 0.3 is 11.9 Å². The van der Waals surface area contributed by atoms with Gasteiger partial charge in [0.1, 0.15) is 0 Å². The maximum Gasteiger partial charge on any atom is 0.334 e. The second-order valence-electron chi connectivity index (χ2n) is 5.84. The molecular formula is C18H21NO6. The van der Waals surface area contributed by atoms with Crippen LogP contribution in [0.3, 0.4) is 0 Å². The number of hydrogen-bond acceptors (Lipinski definition) is 5. The zero-order valence-electron chi connectivity index (χ0n) is 14.5. The molecule has 1 aliphatic rings. The number of methoxy groups -OCH3 is 2.